The third kappa shape index (κ3) is 3.82. The Balaban J connectivity index is 2.07. The Morgan fingerprint density at radius 3 is 2.72 bits per heavy atom. The molecule has 2 aromatic rings. The normalized spacial score (nSPS) is 10.8. The Labute approximate surface area is 113 Å². The van der Waals surface area contributed by atoms with Crippen LogP contribution in [0.4, 0.5) is 5.82 Å². The maximum atomic E-state index is 4.46. The largest absolute Gasteiger partial charge is 0.346 e. The molecule has 3 nitrogen and oxygen atoms in total. The van der Waals surface area contributed by atoms with E-state index in [1.165, 1.54) is 9.78 Å². The summed E-state index contributed by atoms with van der Waals surface area (Å²) in [5, 5.41) is 2.13. The van der Waals surface area contributed by atoms with Gasteiger partial charge < -0.3 is 9.80 Å². The minimum Gasteiger partial charge on any atom is -0.346 e. The number of likely N-dealkylation sites (N-methyl/N-ethyl adjacent to an activating group) is 1. The Kier molecular flexibility index (Phi) is 4.73. The van der Waals surface area contributed by atoms with Gasteiger partial charge in [-0.05, 0) is 23.6 Å². The van der Waals surface area contributed by atoms with Gasteiger partial charge in [0, 0.05) is 11.1 Å². The van der Waals surface area contributed by atoms with E-state index in [1.807, 2.05) is 18.3 Å². The SMILES string of the molecule is C[NH+](C)CCN(Cc1cccs1)c1ccccn1. The van der Waals surface area contributed by atoms with E-state index in [9.17, 15) is 0 Å². The van der Waals surface area contributed by atoms with Crippen molar-refractivity contribution in [1.29, 1.82) is 0 Å². The van der Waals surface area contributed by atoms with Gasteiger partial charge >= 0.3 is 0 Å². The fraction of sp³-hybridized carbons (Fsp3) is 0.357. The van der Waals surface area contributed by atoms with Crippen molar-refractivity contribution in [2.24, 2.45) is 0 Å². The van der Waals surface area contributed by atoms with Crippen LogP contribution >= 0.6 is 11.3 Å². The Morgan fingerprint density at radius 2 is 2.11 bits per heavy atom. The second kappa shape index (κ2) is 6.52. The predicted octanol–water partition coefficient (Wildman–Crippen LogP) is 1.29. The third-order valence-corrected chi connectivity index (χ3v) is 3.64. The van der Waals surface area contributed by atoms with Gasteiger partial charge in [0.1, 0.15) is 5.82 Å². The van der Waals surface area contributed by atoms with E-state index in [0.29, 0.717) is 0 Å². The van der Waals surface area contributed by atoms with Gasteiger partial charge in [0.05, 0.1) is 33.7 Å². The van der Waals surface area contributed by atoms with E-state index in [-0.39, 0.29) is 0 Å². The minimum atomic E-state index is 0.946. The molecule has 0 aliphatic rings. The van der Waals surface area contributed by atoms with Crippen molar-refractivity contribution >= 4 is 17.2 Å². The Hall–Kier alpha value is -1.39. The van der Waals surface area contributed by atoms with E-state index in [2.05, 4.69) is 47.6 Å². The monoisotopic (exact) mass is 262 g/mol. The molecule has 0 fully saturated rings. The highest BCUT2D eigenvalue weighted by Gasteiger charge is 2.10. The van der Waals surface area contributed by atoms with Crippen LogP contribution in [0.15, 0.2) is 41.9 Å². The number of hydrogen-bond acceptors (Lipinski definition) is 3. The molecule has 0 aliphatic carbocycles. The van der Waals surface area contributed by atoms with Gasteiger partial charge in [0.25, 0.3) is 0 Å². The zero-order chi connectivity index (χ0) is 12.8. The highest BCUT2D eigenvalue weighted by Crippen LogP contribution is 2.16. The summed E-state index contributed by atoms with van der Waals surface area (Å²) in [6, 6.07) is 10.4. The van der Waals surface area contributed by atoms with Gasteiger partial charge in [-0.1, -0.05) is 12.1 Å². The molecule has 0 spiro atoms. The molecule has 0 radical (unpaired) electrons. The molecular formula is C14H20N3S+. The lowest BCUT2D eigenvalue weighted by Gasteiger charge is -2.23. The zero-order valence-corrected chi connectivity index (χ0v) is 11.8. The first-order chi connectivity index (χ1) is 8.75. The first-order valence-electron chi connectivity index (χ1n) is 6.23. The van der Waals surface area contributed by atoms with Crippen molar-refractivity contribution in [3.8, 4) is 0 Å². The zero-order valence-electron chi connectivity index (χ0n) is 11.0. The molecule has 2 heterocycles. The molecular weight excluding hydrogens is 242 g/mol. The van der Waals surface area contributed by atoms with Crippen molar-refractivity contribution in [2.45, 2.75) is 6.54 Å². The van der Waals surface area contributed by atoms with Gasteiger partial charge in [0.2, 0.25) is 0 Å². The van der Waals surface area contributed by atoms with Crippen LogP contribution in [0.2, 0.25) is 0 Å². The number of thiophene rings is 1. The first-order valence-corrected chi connectivity index (χ1v) is 7.11. The average Bonchev–Trinajstić information content (AvgIpc) is 2.88. The van der Waals surface area contributed by atoms with Crippen LogP contribution in [0, 0.1) is 0 Å². The smallest absolute Gasteiger partial charge is 0.128 e. The van der Waals surface area contributed by atoms with Crippen LogP contribution in [0.5, 0.6) is 0 Å². The van der Waals surface area contributed by atoms with E-state index >= 15 is 0 Å². The average molecular weight is 262 g/mol. The lowest BCUT2D eigenvalue weighted by atomic mass is 10.3. The molecule has 2 aromatic heterocycles. The van der Waals surface area contributed by atoms with Crippen molar-refractivity contribution in [2.75, 3.05) is 32.1 Å². The Bertz CT molecular complexity index is 439. The number of aromatic nitrogens is 1. The summed E-state index contributed by atoms with van der Waals surface area (Å²) < 4.78 is 0. The lowest BCUT2D eigenvalue weighted by Crippen LogP contribution is -3.06. The predicted molar refractivity (Wildman–Crippen MR) is 77.3 cm³/mol. The number of quaternary nitrogens is 1. The molecule has 4 heteroatoms. The number of nitrogens with one attached hydrogen (secondary N) is 1. The summed E-state index contributed by atoms with van der Waals surface area (Å²) in [5.41, 5.74) is 0. The molecule has 1 N–H and O–H groups in total. The number of nitrogens with zero attached hydrogens (tertiary/aromatic N) is 2. The summed E-state index contributed by atoms with van der Waals surface area (Å²) in [6.45, 7) is 3.08. The second-order valence-electron chi connectivity index (χ2n) is 4.65. The van der Waals surface area contributed by atoms with E-state index in [0.717, 1.165) is 25.5 Å². The van der Waals surface area contributed by atoms with Crippen molar-refractivity contribution in [3.63, 3.8) is 0 Å². The van der Waals surface area contributed by atoms with E-state index < -0.39 is 0 Å². The quantitative estimate of drug-likeness (QED) is 0.847. The van der Waals surface area contributed by atoms with Crippen molar-refractivity contribution in [1.82, 2.24) is 4.98 Å². The van der Waals surface area contributed by atoms with Crippen LogP contribution in [0.3, 0.4) is 0 Å². The van der Waals surface area contributed by atoms with Crippen molar-refractivity contribution in [3.05, 3.63) is 46.8 Å². The fourth-order valence-electron chi connectivity index (χ4n) is 1.76. The van der Waals surface area contributed by atoms with Gasteiger partial charge in [-0.15, -0.1) is 11.3 Å². The number of anilines is 1. The third-order valence-electron chi connectivity index (χ3n) is 2.78. The molecule has 0 atom stereocenters. The summed E-state index contributed by atoms with van der Waals surface area (Å²) in [6.07, 6.45) is 1.86. The van der Waals surface area contributed by atoms with Gasteiger partial charge in [0.15, 0.2) is 0 Å². The van der Waals surface area contributed by atoms with Crippen LogP contribution in [-0.2, 0) is 6.54 Å². The maximum Gasteiger partial charge on any atom is 0.128 e. The molecule has 96 valence electrons. The van der Waals surface area contributed by atoms with E-state index in [4.69, 9.17) is 0 Å². The molecule has 0 aliphatic heterocycles. The number of pyridine rings is 1. The number of rotatable bonds is 6. The standard InChI is InChI=1S/C14H19N3S/c1-16(2)9-10-17(12-13-6-5-11-18-13)14-7-3-4-8-15-14/h3-8,11H,9-10,12H2,1-2H3/p+1. The minimum absolute atomic E-state index is 0.946. The molecule has 0 aromatic carbocycles. The van der Waals surface area contributed by atoms with Gasteiger partial charge in [-0.3, -0.25) is 0 Å². The molecule has 18 heavy (non-hydrogen) atoms. The molecule has 0 amide bonds. The van der Waals surface area contributed by atoms with Crippen LogP contribution in [0.1, 0.15) is 4.88 Å². The molecule has 0 saturated heterocycles. The van der Waals surface area contributed by atoms with Crippen molar-refractivity contribution < 1.29 is 4.90 Å². The van der Waals surface area contributed by atoms with Crippen LogP contribution in [-0.4, -0.2) is 32.2 Å². The highest BCUT2D eigenvalue weighted by molar-refractivity contribution is 7.09. The first kappa shape index (κ1) is 13.1. The molecule has 0 saturated carbocycles. The molecule has 0 bridgehead atoms. The summed E-state index contributed by atoms with van der Waals surface area (Å²) >= 11 is 1.80. The Morgan fingerprint density at radius 1 is 1.22 bits per heavy atom. The summed E-state index contributed by atoms with van der Waals surface area (Å²) in [4.78, 5) is 9.65. The van der Waals surface area contributed by atoms with E-state index in [1.54, 1.807) is 11.3 Å². The maximum absolute atomic E-state index is 4.46. The summed E-state index contributed by atoms with van der Waals surface area (Å²) in [7, 11) is 4.36. The van der Waals surface area contributed by atoms with Crippen LogP contribution < -0.4 is 9.80 Å². The molecule has 2 rings (SSSR count). The number of hydrogen-bond donors (Lipinski definition) is 1. The topological polar surface area (TPSA) is 20.6 Å². The highest BCUT2D eigenvalue weighted by atomic mass is 32.1. The summed E-state index contributed by atoms with van der Waals surface area (Å²) in [5.74, 6) is 1.06. The van der Waals surface area contributed by atoms with Gasteiger partial charge in [-0.2, -0.15) is 0 Å². The molecule has 0 unspecified atom stereocenters. The fourth-order valence-corrected chi connectivity index (χ4v) is 2.48. The second-order valence-corrected chi connectivity index (χ2v) is 5.68. The lowest BCUT2D eigenvalue weighted by molar-refractivity contribution is -0.856. The van der Waals surface area contributed by atoms with Crippen LogP contribution in [0.25, 0.3) is 0 Å². The van der Waals surface area contributed by atoms with Gasteiger partial charge in [-0.25, -0.2) is 4.98 Å².